The highest BCUT2D eigenvalue weighted by molar-refractivity contribution is 5.81. The molecule has 63 valence electrons. The zero-order chi connectivity index (χ0) is 8.69. The lowest BCUT2D eigenvalue weighted by Gasteiger charge is -1.99. The monoisotopic (exact) mass is 158 g/mol. The minimum atomic E-state index is -1.01. The van der Waals surface area contributed by atoms with Crippen molar-refractivity contribution in [1.29, 1.82) is 0 Å². The van der Waals surface area contributed by atoms with Crippen molar-refractivity contribution in [2.24, 2.45) is 0 Å². The third kappa shape index (κ3) is 6.83. The molecule has 0 saturated heterocycles. The van der Waals surface area contributed by atoms with Crippen molar-refractivity contribution in [3.8, 4) is 0 Å². The Balaban J connectivity index is 3.30. The van der Waals surface area contributed by atoms with Crippen LogP contribution in [0, 0.1) is 6.42 Å². The maximum Gasteiger partial charge on any atom is 0.322 e. The van der Waals surface area contributed by atoms with E-state index in [4.69, 9.17) is 5.11 Å². The van der Waals surface area contributed by atoms with E-state index >= 15 is 0 Å². The zero-order valence-electron chi connectivity index (χ0n) is 6.46. The van der Waals surface area contributed by atoms with Crippen molar-refractivity contribution in [3.63, 3.8) is 0 Å². The second kappa shape index (κ2) is 5.70. The van der Waals surface area contributed by atoms with Crippen LogP contribution in [-0.4, -0.2) is 23.5 Å². The number of carboxylic acid groups (broad SMARTS) is 1. The van der Waals surface area contributed by atoms with Gasteiger partial charge >= 0.3 is 5.97 Å². The third-order valence-corrected chi connectivity index (χ3v) is 1.10. The molecule has 0 aromatic rings. The second-order valence-corrected chi connectivity index (χ2v) is 2.12. The standard InChI is InChI=1S/C7H12NO3/c1-2-3-4-6(9)8-5-7(10)11/h2H,3-5H2,1H3,(H,8,9)(H,10,11). The van der Waals surface area contributed by atoms with Gasteiger partial charge in [-0.15, -0.1) is 0 Å². The summed E-state index contributed by atoms with van der Waals surface area (Å²) in [6.07, 6.45) is 2.91. The maximum absolute atomic E-state index is 10.7. The average molecular weight is 158 g/mol. The molecule has 4 nitrogen and oxygen atoms in total. The fourth-order valence-corrected chi connectivity index (χ4v) is 0.538. The van der Waals surface area contributed by atoms with Crippen molar-refractivity contribution in [2.75, 3.05) is 6.54 Å². The lowest BCUT2D eigenvalue weighted by Crippen LogP contribution is -2.28. The predicted octanol–water partition coefficient (Wildman–Crippen LogP) is 0.192. The number of rotatable bonds is 5. The summed E-state index contributed by atoms with van der Waals surface area (Å²) >= 11 is 0. The summed E-state index contributed by atoms with van der Waals surface area (Å²) in [6, 6.07) is 0. The van der Waals surface area contributed by atoms with E-state index in [1.807, 2.05) is 13.3 Å². The minimum absolute atomic E-state index is 0.217. The van der Waals surface area contributed by atoms with Crippen molar-refractivity contribution in [3.05, 3.63) is 6.42 Å². The number of hydrogen-bond acceptors (Lipinski definition) is 2. The van der Waals surface area contributed by atoms with Gasteiger partial charge in [0.15, 0.2) is 0 Å². The summed E-state index contributed by atoms with van der Waals surface area (Å²) in [7, 11) is 0. The van der Waals surface area contributed by atoms with E-state index in [2.05, 4.69) is 5.32 Å². The summed E-state index contributed by atoms with van der Waals surface area (Å²) in [6.45, 7) is 1.56. The van der Waals surface area contributed by atoms with Gasteiger partial charge in [0.05, 0.1) is 0 Å². The Kier molecular flexibility index (Phi) is 5.15. The molecule has 0 fully saturated rings. The number of hydrogen-bond donors (Lipinski definition) is 2. The molecule has 0 aromatic heterocycles. The Morgan fingerprint density at radius 1 is 1.55 bits per heavy atom. The molecule has 0 heterocycles. The van der Waals surface area contributed by atoms with E-state index in [9.17, 15) is 9.59 Å². The molecule has 0 spiro atoms. The molecule has 0 unspecified atom stereocenters. The van der Waals surface area contributed by atoms with Crippen LogP contribution < -0.4 is 5.32 Å². The van der Waals surface area contributed by atoms with E-state index in [1.165, 1.54) is 0 Å². The molecule has 4 heteroatoms. The van der Waals surface area contributed by atoms with Crippen LogP contribution in [0.25, 0.3) is 0 Å². The van der Waals surface area contributed by atoms with E-state index in [0.29, 0.717) is 12.8 Å². The van der Waals surface area contributed by atoms with E-state index in [1.54, 1.807) is 0 Å². The molecular weight excluding hydrogens is 146 g/mol. The Bertz CT molecular complexity index is 145. The first-order valence-corrected chi connectivity index (χ1v) is 3.43. The minimum Gasteiger partial charge on any atom is -0.480 e. The fraction of sp³-hybridized carbons (Fsp3) is 0.571. The number of carboxylic acids is 1. The summed E-state index contributed by atoms with van der Waals surface area (Å²) in [5, 5.41) is 10.4. The first-order valence-electron chi connectivity index (χ1n) is 3.43. The highest BCUT2D eigenvalue weighted by Gasteiger charge is 2.01. The van der Waals surface area contributed by atoms with Gasteiger partial charge in [-0.1, -0.05) is 6.92 Å². The van der Waals surface area contributed by atoms with Crippen LogP contribution >= 0.6 is 0 Å². The predicted molar refractivity (Wildman–Crippen MR) is 39.9 cm³/mol. The zero-order valence-corrected chi connectivity index (χ0v) is 6.46. The van der Waals surface area contributed by atoms with Gasteiger partial charge in [-0.3, -0.25) is 9.59 Å². The molecular formula is C7H12NO3. The number of nitrogens with one attached hydrogen (secondary N) is 1. The number of aliphatic carboxylic acids is 1. The first kappa shape index (κ1) is 9.94. The highest BCUT2D eigenvalue weighted by atomic mass is 16.4. The summed E-state index contributed by atoms with van der Waals surface area (Å²) in [4.78, 5) is 20.7. The largest absolute Gasteiger partial charge is 0.480 e. The smallest absolute Gasteiger partial charge is 0.322 e. The van der Waals surface area contributed by atoms with Crippen molar-refractivity contribution >= 4 is 11.9 Å². The molecule has 2 N–H and O–H groups in total. The summed E-state index contributed by atoms with van der Waals surface area (Å²) in [5.74, 6) is -1.23. The van der Waals surface area contributed by atoms with Crippen LogP contribution in [0.1, 0.15) is 19.8 Å². The van der Waals surface area contributed by atoms with Gasteiger partial charge in [-0.2, -0.15) is 0 Å². The molecule has 0 rings (SSSR count). The fourth-order valence-electron chi connectivity index (χ4n) is 0.538. The Morgan fingerprint density at radius 3 is 2.64 bits per heavy atom. The number of carbonyl (C=O) groups excluding carboxylic acids is 1. The normalized spacial score (nSPS) is 9.18. The molecule has 11 heavy (non-hydrogen) atoms. The van der Waals surface area contributed by atoms with Gasteiger partial charge in [0.2, 0.25) is 5.91 Å². The van der Waals surface area contributed by atoms with Gasteiger partial charge in [-0.05, 0) is 12.8 Å². The van der Waals surface area contributed by atoms with Gasteiger partial charge < -0.3 is 10.4 Å². The molecule has 1 amide bonds. The number of amides is 1. The maximum atomic E-state index is 10.7. The van der Waals surface area contributed by atoms with E-state index in [0.717, 1.165) is 0 Å². The summed E-state index contributed by atoms with van der Waals surface area (Å²) in [5.41, 5.74) is 0. The van der Waals surface area contributed by atoms with Crippen molar-refractivity contribution < 1.29 is 14.7 Å². The van der Waals surface area contributed by atoms with Gasteiger partial charge in [0.25, 0.3) is 0 Å². The second-order valence-electron chi connectivity index (χ2n) is 2.12. The number of carbonyl (C=O) groups is 2. The van der Waals surface area contributed by atoms with Crippen LogP contribution in [0.15, 0.2) is 0 Å². The molecule has 0 bridgehead atoms. The topological polar surface area (TPSA) is 66.4 Å². The average Bonchev–Trinajstić information content (AvgIpc) is 1.97. The Morgan fingerprint density at radius 2 is 2.18 bits per heavy atom. The molecule has 1 radical (unpaired) electrons. The molecule has 0 saturated carbocycles. The molecule has 0 atom stereocenters. The van der Waals surface area contributed by atoms with Gasteiger partial charge in [-0.25, -0.2) is 0 Å². The van der Waals surface area contributed by atoms with Crippen LogP contribution in [0.2, 0.25) is 0 Å². The SMILES string of the molecule is C[CH]CCC(=O)NCC(=O)O. The molecule has 0 aliphatic rings. The quantitative estimate of drug-likeness (QED) is 0.600. The van der Waals surface area contributed by atoms with Crippen LogP contribution in [0.4, 0.5) is 0 Å². The summed E-state index contributed by atoms with van der Waals surface area (Å²) < 4.78 is 0. The first-order chi connectivity index (χ1) is 5.16. The molecule has 0 aromatic carbocycles. The van der Waals surface area contributed by atoms with Crippen LogP contribution in [-0.2, 0) is 9.59 Å². The number of unbranched alkanes of at least 4 members (excludes halogenated alkanes) is 1. The van der Waals surface area contributed by atoms with Crippen molar-refractivity contribution in [1.82, 2.24) is 5.32 Å². The molecule has 0 aliphatic carbocycles. The van der Waals surface area contributed by atoms with Gasteiger partial charge in [0.1, 0.15) is 6.54 Å². The van der Waals surface area contributed by atoms with Crippen LogP contribution in [0.3, 0.4) is 0 Å². The highest BCUT2D eigenvalue weighted by Crippen LogP contribution is 1.90. The Hall–Kier alpha value is -1.06. The van der Waals surface area contributed by atoms with E-state index < -0.39 is 5.97 Å². The van der Waals surface area contributed by atoms with Crippen molar-refractivity contribution in [2.45, 2.75) is 19.8 Å². The van der Waals surface area contributed by atoms with Crippen LogP contribution in [0.5, 0.6) is 0 Å². The lowest BCUT2D eigenvalue weighted by molar-refractivity contribution is -0.137. The third-order valence-electron chi connectivity index (χ3n) is 1.10. The molecule has 0 aliphatic heterocycles. The van der Waals surface area contributed by atoms with E-state index in [-0.39, 0.29) is 12.5 Å². The van der Waals surface area contributed by atoms with Gasteiger partial charge in [0, 0.05) is 6.42 Å². The Labute approximate surface area is 65.6 Å². The lowest BCUT2D eigenvalue weighted by atomic mass is 10.2.